The molecular formula is C17H14N2OS. The number of aromatic amines is 1. The van der Waals surface area contributed by atoms with Crippen molar-refractivity contribution in [1.82, 2.24) is 9.97 Å². The second-order valence-electron chi connectivity index (χ2n) is 4.53. The quantitative estimate of drug-likeness (QED) is 0.590. The van der Waals surface area contributed by atoms with E-state index < -0.39 is 0 Å². The molecule has 104 valence electrons. The molecule has 0 saturated heterocycles. The van der Waals surface area contributed by atoms with Gasteiger partial charge in [0, 0.05) is 5.56 Å². The van der Waals surface area contributed by atoms with Crippen molar-refractivity contribution in [2.24, 2.45) is 0 Å². The third-order valence-electron chi connectivity index (χ3n) is 3.22. The van der Waals surface area contributed by atoms with Gasteiger partial charge in [0.1, 0.15) is 5.03 Å². The summed E-state index contributed by atoms with van der Waals surface area (Å²) in [7, 11) is 0. The fourth-order valence-electron chi connectivity index (χ4n) is 2.29. The van der Waals surface area contributed by atoms with E-state index in [9.17, 15) is 4.79 Å². The van der Waals surface area contributed by atoms with Crippen LogP contribution in [0.15, 0.2) is 70.5 Å². The summed E-state index contributed by atoms with van der Waals surface area (Å²) >= 11 is 1.48. The molecule has 0 bridgehead atoms. The lowest BCUT2D eigenvalue weighted by atomic mass is 10.0. The Balaban J connectivity index is 2.33. The second kappa shape index (κ2) is 5.97. The van der Waals surface area contributed by atoms with Crippen molar-refractivity contribution in [3.8, 4) is 22.4 Å². The van der Waals surface area contributed by atoms with Crippen LogP contribution in [-0.4, -0.2) is 16.2 Å². The summed E-state index contributed by atoms with van der Waals surface area (Å²) in [6.07, 6.45) is 1.93. The van der Waals surface area contributed by atoms with Crippen LogP contribution in [0.4, 0.5) is 0 Å². The summed E-state index contributed by atoms with van der Waals surface area (Å²) < 4.78 is 0. The molecule has 1 N–H and O–H groups in total. The maximum Gasteiger partial charge on any atom is 0.346 e. The molecule has 3 nitrogen and oxygen atoms in total. The van der Waals surface area contributed by atoms with E-state index in [1.165, 1.54) is 11.8 Å². The highest BCUT2D eigenvalue weighted by Gasteiger charge is 2.15. The van der Waals surface area contributed by atoms with Crippen molar-refractivity contribution in [1.29, 1.82) is 0 Å². The Labute approximate surface area is 127 Å². The van der Waals surface area contributed by atoms with Crippen molar-refractivity contribution in [2.75, 3.05) is 6.26 Å². The molecule has 0 amide bonds. The number of hydrogen-bond donors (Lipinski definition) is 1. The van der Waals surface area contributed by atoms with E-state index in [1.54, 1.807) is 0 Å². The zero-order chi connectivity index (χ0) is 14.7. The predicted molar refractivity (Wildman–Crippen MR) is 87.5 cm³/mol. The number of aromatic nitrogens is 2. The molecule has 3 aromatic rings. The third kappa shape index (κ3) is 2.76. The molecular weight excluding hydrogens is 280 g/mol. The smallest absolute Gasteiger partial charge is 0.305 e. The minimum Gasteiger partial charge on any atom is -0.305 e. The average molecular weight is 294 g/mol. The number of H-pyrrole nitrogens is 1. The average Bonchev–Trinajstić information content (AvgIpc) is 2.55. The Morgan fingerprint density at radius 2 is 1.48 bits per heavy atom. The molecule has 0 atom stereocenters. The van der Waals surface area contributed by atoms with Gasteiger partial charge in [-0.1, -0.05) is 60.7 Å². The summed E-state index contributed by atoms with van der Waals surface area (Å²) in [6.45, 7) is 0. The van der Waals surface area contributed by atoms with Crippen LogP contribution >= 0.6 is 11.8 Å². The van der Waals surface area contributed by atoms with Crippen molar-refractivity contribution in [2.45, 2.75) is 5.03 Å². The molecule has 3 rings (SSSR count). The lowest BCUT2D eigenvalue weighted by Gasteiger charge is -2.12. The highest BCUT2D eigenvalue weighted by Crippen LogP contribution is 2.35. The summed E-state index contributed by atoms with van der Waals surface area (Å²) in [4.78, 5) is 18.8. The zero-order valence-corrected chi connectivity index (χ0v) is 12.4. The van der Waals surface area contributed by atoms with Gasteiger partial charge in [0.2, 0.25) is 0 Å². The predicted octanol–water partition coefficient (Wildman–Crippen LogP) is 3.83. The lowest BCUT2D eigenvalue weighted by Crippen LogP contribution is -2.13. The normalized spacial score (nSPS) is 10.5. The van der Waals surface area contributed by atoms with Gasteiger partial charge in [-0.15, -0.1) is 11.8 Å². The third-order valence-corrected chi connectivity index (χ3v) is 3.90. The Hall–Kier alpha value is -2.33. The van der Waals surface area contributed by atoms with Gasteiger partial charge in [-0.2, -0.15) is 4.98 Å². The summed E-state index contributed by atoms with van der Waals surface area (Å²) in [6, 6.07) is 19.9. The largest absolute Gasteiger partial charge is 0.346 e. The van der Waals surface area contributed by atoms with Crippen LogP contribution < -0.4 is 5.69 Å². The van der Waals surface area contributed by atoms with Crippen molar-refractivity contribution in [3.05, 3.63) is 71.1 Å². The first kappa shape index (κ1) is 13.6. The number of rotatable bonds is 3. The molecule has 0 aliphatic carbocycles. The van der Waals surface area contributed by atoms with E-state index >= 15 is 0 Å². The molecule has 0 aliphatic heterocycles. The Bertz CT molecular complexity index is 798. The number of nitrogens with one attached hydrogen (secondary N) is 1. The molecule has 21 heavy (non-hydrogen) atoms. The molecule has 2 aromatic carbocycles. The van der Waals surface area contributed by atoms with E-state index in [0.29, 0.717) is 0 Å². The van der Waals surface area contributed by atoms with Gasteiger partial charge in [0.15, 0.2) is 0 Å². The van der Waals surface area contributed by atoms with Gasteiger partial charge < -0.3 is 4.98 Å². The first-order valence-corrected chi connectivity index (χ1v) is 7.81. The van der Waals surface area contributed by atoms with E-state index in [-0.39, 0.29) is 5.69 Å². The van der Waals surface area contributed by atoms with Crippen LogP contribution in [0.2, 0.25) is 0 Å². The number of nitrogens with zero attached hydrogens (tertiary/aromatic N) is 1. The van der Waals surface area contributed by atoms with Crippen molar-refractivity contribution >= 4 is 11.8 Å². The minimum absolute atomic E-state index is 0.321. The van der Waals surface area contributed by atoms with Crippen LogP contribution in [0.3, 0.4) is 0 Å². The summed E-state index contributed by atoms with van der Waals surface area (Å²) in [5.41, 5.74) is 3.48. The number of benzene rings is 2. The highest BCUT2D eigenvalue weighted by molar-refractivity contribution is 7.98. The SMILES string of the molecule is CSc1nc(=O)[nH]c(-c2ccccc2)c1-c1ccccc1. The standard InChI is InChI=1S/C17H14N2OS/c1-21-16-14(12-8-4-2-5-9-12)15(18-17(20)19-16)13-10-6-3-7-11-13/h2-11H,1H3,(H,18,19,20). The van der Waals surface area contributed by atoms with Crippen molar-refractivity contribution < 1.29 is 0 Å². The summed E-state index contributed by atoms with van der Waals surface area (Å²) in [5.74, 6) is 0. The topological polar surface area (TPSA) is 45.8 Å². The maximum absolute atomic E-state index is 11.8. The van der Waals surface area contributed by atoms with Gasteiger partial charge in [-0.05, 0) is 17.4 Å². The fourth-order valence-corrected chi connectivity index (χ4v) is 2.89. The Kier molecular flexibility index (Phi) is 3.88. The Morgan fingerprint density at radius 3 is 2.05 bits per heavy atom. The zero-order valence-electron chi connectivity index (χ0n) is 11.5. The van der Waals surface area contributed by atoms with Crippen LogP contribution in [0.5, 0.6) is 0 Å². The molecule has 1 heterocycles. The molecule has 0 spiro atoms. The van der Waals surface area contributed by atoms with Gasteiger partial charge >= 0.3 is 5.69 Å². The molecule has 1 aromatic heterocycles. The molecule has 0 radical (unpaired) electrons. The molecule has 0 aliphatic rings. The van der Waals surface area contributed by atoms with Crippen LogP contribution in [0, 0.1) is 0 Å². The first-order chi connectivity index (χ1) is 10.3. The van der Waals surface area contributed by atoms with Crippen LogP contribution in [0.25, 0.3) is 22.4 Å². The summed E-state index contributed by atoms with van der Waals surface area (Å²) in [5, 5.41) is 0.740. The molecule has 0 fully saturated rings. The maximum atomic E-state index is 11.8. The molecule has 0 unspecified atom stereocenters. The first-order valence-electron chi connectivity index (χ1n) is 6.59. The van der Waals surface area contributed by atoms with Gasteiger partial charge in [0.25, 0.3) is 0 Å². The van der Waals surface area contributed by atoms with Crippen molar-refractivity contribution in [3.63, 3.8) is 0 Å². The van der Waals surface area contributed by atoms with E-state index in [0.717, 1.165) is 27.4 Å². The lowest BCUT2D eigenvalue weighted by molar-refractivity contribution is 0.991. The highest BCUT2D eigenvalue weighted by atomic mass is 32.2. The minimum atomic E-state index is -0.321. The molecule has 4 heteroatoms. The van der Waals surface area contributed by atoms with E-state index in [4.69, 9.17) is 0 Å². The van der Waals surface area contributed by atoms with Gasteiger partial charge in [0.05, 0.1) is 5.69 Å². The van der Waals surface area contributed by atoms with Gasteiger partial charge in [-0.3, -0.25) is 0 Å². The molecule has 0 saturated carbocycles. The van der Waals surface area contributed by atoms with Crippen LogP contribution in [-0.2, 0) is 0 Å². The number of hydrogen-bond acceptors (Lipinski definition) is 3. The Morgan fingerprint density at radius 1 is 0.905 bits per heavy atom. The van der Waals surface area contributed by atoms with E-state index in [2.05, 4.69) is 9.97 Å². The number of thioether (sulfide) groups is 1. The fraction of sp³-hybridized carbons (Fsp3) is 0.0588. The van der Waals surface area contributed by atoms with E-state index in [1.807, 2.05) is 66.9 Å². The monoisotopic (exact) mass is 294 g/mol. The second-order valence-corrected chi connectivity index (χ2v) is 5.33. The van der Waals surface area contributed by atoms with Gasteiger partial charge in [-0.25, -0.2) is 4.79 Å². The van der Waals surface area contributed by atoms with Crippen LogP contribution in [0.1, 0.15) is 0 Å².